The fraction of sp³-hybridized carbons (Fsp3) is 0.727. The highest BCUT2D eigenvalue weighted by molar-refractivity contribution is 7.89. The molecule has 0 amide bonds. The van der Waals surface area contributed by atoms with Gasteiger partial charge in [0.05, 0.1) is 18.1 Å². The van der Waals surface area contributed by atoms with Crippen LogP contribution in [-0.4, -0.2) is 71.2 Å². The molecule has 1 aliphatic heterocycles. The summed E-state index contributed by atoms with van der Waals surface area (Å²) in [5.74, 6) is 1.60. The van der Waals surface area contributed by atoms with E-state index in [0.29, 0.717) is 35.9 Å². The van der Waals surface area contributed by atoms with Crippen molar-refractivity contribution in [3.63, 3.8) is 0 Å². The highest BCUT2D eigenvalue weighted by atomic mass is 32.2. The van der Waals surface area contributed by atoms with Crippen LogP contribution in [0.15, 0.2) is 17.0 Å². The van der Waals surface area contributed by atoms with Crippen molar-refractivity contribution in [3.8, 4) is 5.75 Å². The van der Waals surface area contributed by atoms with Gasteiger partial charge in [0.1, 0.15) is 5.75 Å². The third kappa shape index (κ3) is 3.71. The number of fused-ring (bicyclic) bond motifs is 2. The van der Waals surface area contributed by atoms with E-state index < -0.39 is 10.0 Å². The lowest BCUT2D eigenvalue weighted by molar-refractivity contribution is -0.0209. The molecule has 0 unspecified atom stereocenters. The largest absolute Gasteiger partial charge is 0.496 e. The first-order valence-electron chi connectivity index (χ1n) is 10.7. The summed E-state index contributed by atoms with van der Waals surface area (Å²) in [4.78, 5) is 2.72. The van der Waals surface area contributed by atoms with Gasteiger partial charge in [0, 0.05) is 26.2 Å². The number of ether oxygens (including phenoxy) is 2. The number of likely N-dealkylation sites (N-methyl/N-ethyl adjacent to an activating group) is 1. The maximum Gasteiger partial charge on any atom is 0.243 e. The molecule has 7 heteroatoms. The number of benzene rings is 1. The van der Waals surface area contributed by atoms with Gasteiger partial charge in [-0.1, -0.05) is 0 Å². The van der Waals surface area contributed by atoms with E-state index in [0.717, 1.165) is 55.4 Å². The molecule has 1 aromatic rings. The normalized spacial score (nSPS) is 30.2. The van der Waals surface area contributed by atoms with E-state index in [1.54, 1.807) is 24.6 Å². The summed E-state index contributed by atoms with van der Waals surface area (Å²) in [6.45, 7) is 1.22. The summed E-state index contributed by atoms with van der Waals surface area (Å²) in [5.41, 5.74) is 2.06. The minimum absolute atomic E-state index is 0.169. The SMILES string of the molecule is COc1ccc(S(=O)(=O)N2C[C@H]3C[C@@H](N(C)C)[C@H](OC)C[C@H]3C2)c2c1CCCC2. The zero-order valence-corrected chi connectivity index (χ0v) is 18.9. The number of sulfonamides is 1. The minimum atomic E-state index is -3.50. The van der Waals surface area contributed by atoms with Crippen LogP contribution in [-0.2, 0) is 27.6 Å². The summed E-state index contributed by atoms with van der Waals surface area (Å²) in [5, 5.41) is 0. The Hall–Kier alpha value is -1.15. The molecule has 0 N–H and O–H groups in total. The molecular weight excluding hydrogens is 388 g/mol. The van der Waals surface area contributed by atoms with Crippen molar-refractivity contribution in [3.05, 3.63) is 23.3 Å². The van der Waals surface area contributed by atoms with E-state index >= 15 is 0 Å². The van der Waals surface area contributed by atoms with Crippen molar-refractivity contribution in [1.82, 2.24) is 9.21 Å². The van der Waals surface area contributed by atoms with E-state index in [-0.39, 0.29) is 6.10 Å². The summed E-state index contributed by atoms with van der Waals surface area (Å²) >= 11 is 0. The van der Waals surface area contributed by atoms with Crippen LogP contribution in [0.4, 0.5) is 0 Å². The second kappa shape index (κ2) is 8.17. The lowest BCUT2D eigenvalue weighted by atomic mass is 9.77. The smallest absolute Gasteiger partial charge is 0.243 e. The molecule has 29 heavy (non-hydrogen) atoms. The number of hydrogen-bond acceptors (Lipinski definition) is 5. The monoisotopic (exact) mass is 422 g/mol. The third-order valence-electron chi connectivity index (χ3n) is 7.30. The Morgan fingerprint density at radius 1 is 1.00 bits per heavy atom. The van der Waals surface area contributed by atoms with Crippen molar-refractivity contribution in [2.45, 2.75) is 55.6 Å². The fourth-order valence-electron chi connectivity index (χ4n) is 5.71. The Morgan fingerprint density at radius 3 is 2.28 bits per heavy atom. The third-order valence-corrected chi connectivity index (χ3v) is 9.22. The van der Waals surface area contributed by atoms with Gasteiger partial charge in [-0.2, -0.15) is 4.31 Å². The molecule has 6 nitrogen and oxygen atoms in total. The number of methoxy groups -OCH3 is 2. The molecule has 2 fully saturated rings. The summed E-state index contributed by atoms with van der Waals surface area (Å²) < 4.78 is 40.3. The van der Waals surface area contributed by atoms with E-state index in [1.807, 2.05) is 6.07 Å². The minimum Gasteiger partial charge on any atom is -0.496 e. The zero-order valence-electron chi connectivity index (χ0n) is 18.1. The van der Waals surface area contributed by atoms with Gasteiger partial charge in [0.25, 0.3) is 0 Å². The van der Waals surface area contributed by atoms with Gasteiger partial charge < -0.3 is 14.4 Å². The van der Waals surface area contributed by atoms with E-state index in [4.69, 9.17) is 9.47 Å². The van der Waals surface area contributed by atoms with Crippen LogP contribution < -0.4 is 4.74 Å². The van der Waals surface area contributed by atoms with Crippen LogP contribution in [0.5, 0.6) is 5.75 Å². The van der Waals surface area contributed by atoms with Crippen LogP contribution in [0, 0.1) is 11.8 Å². The number of hydrogen-bond donors (Lipinski definition) is 0. The van der Waals surface area contributed by atoms with Crippen LogP contribution in [0.25, 0.3) is 0 Å². The van der Waals surface area contributed by atoms with Crippen molar-refractivity contribution in [2.75, 3.05) is 41.4 Å². The van der Waals surface area contributed by atoms with Gasteiger partial charge in [0.15, 0.2) is 0 Å². The Labute approximate surface area is 175 Å². The van der Waals surface area contributed by atoms with Crippen molar-refractivity contribution in [2.24, 2.45) is 11.8 Å². The molecule has 0 radical (unpaired) electrons. The molecule has 1 saturated carbocycles. The molecule has 1 saturated heterocycles. The number of nitrogens with zero attached hydrogens (tertiary/aromatic N) is 2. The second-order valence-corrected chi connectivity index (χ2v) is 11.0. The molecule has 0 aromatic heterocycles. The lowest BCUT2D eigenvalue weighted by Gasteiger charge is -2.40. The average molecular weight is 423 g/mol. The Bertz CT molecular complexity index is 855. The average Bonchev–Trinajstić information content (AvgIpc) is 3.15. The molecular formula is C22H34N2O4S. The molecule has 0 spiro atoms. The molecule has 0 bridgehead atoms. The fourth-order valence-corrected chi connectivity index (χ4v) is 7.54. The molecule has 4 atom stereocenters. The Morgan fingerprint density at radius 2 is 1.66 bits per heavy atom. The van der Waals surface area contributed by atoms with E-state index in [9.17, 15) is 8.42 Å². The Balaban J connectivity index is 1.62. The van der Waals surface area contributed by atoms with Crippen LogP contribution in [0.1, 0.15) is 36.8 Å². The first-order chi connectivity index (χ1) is 13.9. The first-order valence-corrected chi connectivity index (χ1v) is 12.2. The highest BCUT2D eigenvalue weighted by Crippen LogP contribution is 2.42. The Kier molecular flexibility index (Phi) is 5.95. The maximum absolute atomic E-state index is 13.7. The molecule has 4 rings (SSSR count). The summed E-state index contributed by atoms with van der Waals surface area (Å²) in [6, 6.07) is 3.95. The van der Waals surface area contributed by atoms with E-state index in [2.05, 4.69) is 19.0 Å². The standard InChI is InChI=1S/C22H34N2O4S/c1-23(2)19-11-15-13-24(14-16(15)12-21(19)28-4)29(25,26)22-10-9-20(27-3)17-7-5-6-8-18(17)22/h9-10,15-16,19,21H,5-8,11-14H2,1-4H3/t15-,16+,19-,21-/m1/s1. The van der Waals surface area contributed by atoms with Gasteiger partial charge in [-0.15, -0.1) is 0 Å². The predicted octanol–water partition coefficient (Wildman–Crippen LogP) is 2.55. The van der Waals surface area contributed by atoms with Gasteiger partial charge in [-0.3, -0.25) is 0 Å². The molecule has 1 heterocycles. The van der Waals surface area contributed by atoms with Gasteiger partial charge >= 0.3 is 0 Å². The van der Waals surface area contributed by atoms with Crippen molar-refractivity contribution in [1.29, 1.82) is 0 Å². The highest BCUT2D eigenvalue weighted by Gasteiger charge is 2.46. The lowest BCUT2D eigenvalue weighted by Crippen LogP contribution is -2.47. The summed E-state index contributed by atoms with van der Waals surface area (Å²) in [6.07, 6.45) is 5.92. The van der Waals surface area contributed by atoms with Crippen molar-refractivity contribution >= 4 is 10.0 Å². The molecule has 2 aliphatic carbocycles. The predicted molar refractivity (Wildman–Crippen MR) is 113 cm³/mol. The molecule has 3 aliphatic rings. The zero-order chi connectivity index (χ0) is 20.8. The van der Waals surface area contributed by atoms with Gasteiger partial charge in [-0.05, 0) is 87.7 Å². The number of rotatable bonds is 5. The van der Waals surface area contributed by atoms with Crippen LogP contribution in [0.2, 0.25) is 0 Å². The first kappa shape index (κ1) is 21.1. The van der Waals surface area contributed by atoms with Crippen LogP contribution >= 0.6 is 0 Å². The quantitative estimate of drug-likeness (QED) is 0.730. The molecule has 162 valence electrons. The maximum atomic E-state index is 13.7. The molecule has 1 aromatic carbocycles. The summed E-state index contributed by atoms with van der Waals surface area (Å²) in [7, 11) is 4.11. The van der Waals surface area contributed by atoms with Gasteiger partial charge in [-0.25, -0.2) is 8.42 Å². The van der Waals surface area contributed by atoms with Crippen molar-refractivity contribution < 1.29 is 17.9 Å². The van der Waals surface area contributed by atoms with E-state index in [1.165, 1.54) is 0 Å². The topological polar surface area (TPSA) is 59.1 Å². The van der Waals surface area contributed by atoms with Gasteiger partial charge in [0.2, 0.25) is 10.0 Å². The van der Waals surface area contributed by atoms with Crippen LogP contribution in [0.3, 0.4) is 0 Å². The second-order valence-electron chi connectivity index (χ2n) is 9.05.